The summed E-state index contributed by atoms with van der Waals surface area (Å²) in [5, 5.41) is 15.7. The van der Waals surface area contributed by atoms with E-state index in [4.69, 9.17) is 14.6 Å². The van der Waals surface area contributed by atoms with E-state index in [1.54, 1.807) is 5.38 Å². The summed E-state index contributed by atoms with van der Waals surface area (Å²) in [5.41, 5.74) is 5.08. The molecule has 0 unspecified atom stereocenters. The molecule has 0 bridgehead atoms. The molecule has 176 valence electrons. The second-order valence-electron chi connectivity index (χ2n) is 7.57. The number of aromatic nitrogens is 1. The number of benzene rings is 2. The van der Waals surface area contributed by atoms with Gasteiger partial charge in [-0.2, -0.15) is 0 Å². The number of carboxylic acid groups (broad SMARTS) is 1. The maximum absolute atomic E-state index is 12.4. The molecule has 0 aliphatic heterocycles. The number of aliphatic carboxylic acids is 1. The van der Waals surface area contributed by atoms with E-state index < -0.39 is 18.7 Å². The number of carboxylic acids is 1. The Hall–Kier alpha value is -3.76. The van der Waals surface area contributed by atoms with Crippen LogP contribution in [0.15, 0.2) is 53.9 Å². The van der Waals surface area contributed by atoms with E-state index >= 15 is 0 Å². The number of nitrogens with zero attached hydrogens (tertiary/aromatic N) is 1. The highest BCUT2D eigenvalue weighted by Gasteiger charge is 2.29. The van der Waals surface area contributed by atoms with Crippen LogP contribution in [0.3, 0.4) is 0 Å². The van der Waals surface area contributed by atoms with Crippen LogP contribution in [0.2, 0.25) is 0 Å². The molecule has 9 nitrogen and oxygen atoms in total. The number of anilines is 1. The maximum Gasteiger partial charge on any atom is 0.413 e. The van der Waals surface area contributed by atoms with E-state index in [-0.39, 0.29) is 38.0 Å². The molecule has 0 fully saturated rings. The number of nitrogens with one attached hydrogen (secondary N) is 2. The summed E-state index contributed by atoms with van der Waals surface area (Å²) in [6.45, 7) is 0.0854. The van der Waals surface area contributed by atoms with Crippen LogP contribution in [0, 0.1) is 0 Å². The Bertz CT molecular complexity index is 1150. The first-order valence-corrected chi connectivity index (χ1v) is 11.5. The first-order valence-electron chi connectivity index (χ1n) is 10.6. The number of ether oxygens (including phenoxy) is 2. The van der Waals surface area contributed by atoms with E-state index in [2.05, 4.69) is 39.9 Å². The predicted octanol–water partition coefficient (Wildman–Crippen LogP) is 3.26. The van der Waals surface area contributed by atoms with Gasteiger partial charge in [0.15, 0.2) is 5.13 Å². The van der Waals surface area contributed by atoms with Crippen molar-refractivity contribution in [3.63, 3.8) is 0 Å². The molecule has 1 aromatic heterocycles. The normalized spacial score (nSPS) is 12.0. The highest BCUT2D eigenvalue weighted by Crippen LogP contribution is 2.44. The second-order valence-corrected chi connectivity index (χ2v) is 8.43. The summed E-state index contributed by atoms with van der Waals surface area (Å²) in [6, 6.07) is 16.2. The minimum Gasteiger partial charge on any atom is -0.480 e. The van der Waals surface area contributed by atoms with Crippen LogP contribution < -0.4 is 10.6 Å². The Morgan fingerprint density at radius 3 is 2.38 bits per heavy atom. The maximum atomic E-state index is 12.4. The average molecular weight is 482 g/mol. The lowest BCUT2D eigenvalue weighted by Crippen LogP contribution is -2.29. The quantitative estimate of drug-likeness (QED) is 0.379. The fourth-order valence-electron chi connectivity index (χ4n) is 3.82. The highest BCUT2D eigenvalue weighted by atomic mass is 32.1. The first kappa shape index (κ1) is 23.4. The van der Waals surface area contributed by atoms with Crippen molar-refractivity contribution in [3.8, 4) is 11.1 Å². The Labute approximate surface area is 199 Å². The Morgan fingerprint density at radius 2 is 1.71 bits per heavy atom. The van der Waals surface area contributed by atoms with Crippen LogP contribution in [-0.2, 0) is 25.5 Å². The molecule has 0 atom stereocenters. The first-order chi connectivity index (χ1) is 16.5. The fourth-order valence-corrected chi connectivity index (χ4v) is 4.51. The summed E-state index contributed by atoms with van der Waals surface area (Å²) in [5.74, 6) is -1.38. The molecule has 0 saturated heterocycles. The second kappa shape index (κ2) is 10.9. The standard InChI is InChI=1S/C24H23N3O6S/c28-21(25-9-10-32-13-22(29)30)11-15-14-34-23(26-15)27-24(31)33-12-20-18-7-3-1-5-16(18)17-6-2-4-8-19(17)20/h1-8,14,20H,9-13H2,(H,25,28)(H,29,30)(H,26,27,31). The molecule has 0 saturated carbocycles. The molecular weight excluding hydrogens is 458 g/mol. The minimum absolute atomic E-state index is 0.0296. The van der Waals surface area contributed by atoms with E-state index in [1.165, 1.54) is 11.3 Å². The van der Waals surface area contributed by atoms with E-state index in [0.717, 1.165) is 22.3 Å². The van der Waals surface area contributed by atoms with E-state index in [9.17, 15) is 14.4 Å². The van der Waals surface area contributed by atoms with Gasteiger partial charge in [0.1, 0.15) is 13.2 Å². The lowest BCUT2D eigenvalue weighted by Gasteiger charge is -2.14. The monoisotopic (exact) mass is 481 g/mol. The van der Waals surface area contributed by atoms with Crippen molar-refractivity contribution in [1.29, 1.82) is 0 Å². The fraction of sp³-hybridized carbons (Fsp3) is 0.250. The van der Waals surface area contributed by atoms with Crippen LogP contribution in [0.1, 0.15) is 22.7 Å². The van der Waals surface area contributed by atoms with Crippen molar-refractivity contribution < 1.29 is 29.0 Å². The van der Waals surface area contributed by atoms with Crippen LogP contribution in [-0.4, -0.2) is 54.4 Å². The van der Waals surface area contributed by atoms with Gasteiger partial charge in [0.05, 0.1) is 18.7 Å². The van der Waals surface area contributed by atoms with Crippen LogP contribution in [0.4, 0.5) is 9.93 Å². The van der Waals surface area contributed by atoms with Crippen LogP contribution in [0.5, 0.6) is 0 Å². The van der Waals surface area contributed by atoms with Crippen molar-refractivity contribution >= 4 is 34.4 Å². The molecule has 0 spiro atoms. The minimum atomic E-state index is -1.06. The Kier molecular flexibility index (Phi) is 7.51. The molecule has 1 aliphatic carbocycles. The van der Waals surface area contributed by atoms with Gasteiger partial charge in [0.2, 0.25) is 5.91 Å². The molecule has 2 aromatic carbocycles. The smallest absolute Gasteiger partial charge is 0.413 e. The Morgan fingerprint density at radius 1 is 1.03 bits per heavy atom. The largest absolute Gasteiger partial charge is 0.480 e. The van der Waals surface area contributed by atoms with Crippen molar-refractivity contribution in [2.24, 2.45) is 0 Å². The van der Waals surface area contributed by atoms with E-state index in [0.29, 0.717) is 10.8 Å². The number of fused-ring (bicyclic) bond motifs is 3. The SMILES string of the molecule is O=C(O)COCCNC(=O)Cc1csc(NC(=O)OCC2c3ccccc3-c3ccccc32)n1. The van der Waals surface area contributed by atoms with Crippen molar-refractivity contribution in [2.75, 3.05) is 31.7 Å². The average Bonchev–Trinajstić information content (AvgIpc) is 3.39. The van der Waals surface area contributed by atoms with Crippen LogP contribution >= 0.6 is 11.3 Å². The topological polar surface area (TPSA) is 127 Å². The molecule has 4 rings (SSSR count). The molecule has 2 amide bonds. The van der Waals surface area contributed by atoms with Crippen molar-refractivity contribution in [2.45, 2.75) is 12.3 Å². The van der Waals surface area contributed by atoms with Crippen molar-refractivity contribution in [3.05, 3.63) is 70.7 Å². The zero-order chi connectivity index (χ0) is 23.9. The number of hydrogen-bond donors (Lipinski definition) is 3. The van der Waals surface area contributed by atoms with Gasteiger partial charge in [0, 0.05) is 17.8 Å². The van der Waals surface area contributed by atoms with Gasteiger partial charge >= 0.3 is 12.1 Å². The molecule has 3 N–H and O–H groups in total. The van der Waals surface area contributed by atoms with Gasteiger partial charge < -0.3 is 19.9 Å². The number of carbonyl (C=O) groups excluding carboxylic acids is 2. The Balaban J connectivity index is 1.25. The lowest BCUT2D eigenvalue weighted by atomic mass is 9.98. The van der Waals surface area contributed by atoms with Gasteiger partial charge in [-0.05, 0) is 22.3 Å². The molecule has 1 aliphatic rings. The third kappa shape index (κ3) is 5.77. The molecule has 3 aromatic rings. The molecule has 0 radical (unpaired) electrons. The highest BCUT2D eigenvalue weighted by molar-refractivity contribution is 7.13. The zero-order valence-corrected chi connectivity index (χ0v) is 19.0. The van der Waals surface area contributed by atoms with Gasteiger partial charge in [-0.25, -0.2) is 14.6 Å². The third-order valence-corrected chi connectivity index (χ3v) is 6.05. The lowest BCUT2D eigenvalue weighted by molar-refractivity contribution is -0.142. The van der Waals surface area contributed by atoms with Gasteiger partial charge in [-0.15, -0.1) is 11.3 Å². The van der Waals surface area contributed by atoms with Gasteiger partial charge in [0.25, 0.3) is 0 Å². The molecule has 34 heavy (non-hydrogen) atoms. The molecular formula is C24H23N3O6S. The summed E-state index contributed by atoms with van der Waals surface area (Å²) in [4.78, 5) is 38.9. The van der Waals surface area contributed by atoms with E-state index in [1.807, 2.05) is 24.3 Å². The summed E-state index contributed by atoms with van der Waals surface area (Å²) in [7, 11) is 0. The zero-order valence-electron chi connectivity index (χ0n) is 18.2. The summed E-state index contributed by atoms with van der Waals surface area (Å²) in [6.07, 6.45) is -0.579. The molecule has 1 heterocycles. The number of amides is 2. The van der Waals surface area contributed by atoms with Crippen molar-refractivity contribution in [1.82, 2.24) is 10.3 Å². The summed E-state index contributed by atoms with van der Waals surface area (Å²) < 4.78 is 10.4. The summed E-state index contributed by atoms with van der Waals surface area (Å²) >= 11 is 1.20. The van der Waals surface area contributed by atoms with Gasteiger partial charge in [-0.1, -0.05) is 48.5 Å². The number of thiazole rings is 1. The van der Waals surface area contributed by atoms with Gasteiger partial charge in [-0.3, -0.25) is 10.1 Å². The third-order valence-electron chi connectivity index (χ3n) is 5.24. The number of hydrogen-bond acceptors (Lipinski definition) is 7. The predicted molar refractivity (Wildman–Crippen MR) is 126 cm³/mol. The number of carbonyl (C=O) groups is 3. The van der Waals surface area contributed by atoms with Crippen LogP contribution in [0.25, 0.3) is 11.1 Å². The molecule has 10 heteroatoms. The number of rotatable bonds is 10.